The van der Waals surface area contributed by atoms with E-state index in [-0.39, 0.29) is 12.0 Å². The van der Waals surface area contributed by atoms with E-state index in [9.17, 15) is 4.79 Å². The Hall–Kier alpha value is -2.60. The summed E-state index contributed by atoms with van der Waals surface area (Å²) < 4.78 is 11.2. The summed E-state index contributed by atoms with van der Waals surface area (Å²) in [7, 11) is 3.81. The molecule has 0 spiro atoms. The zero-order valence-corrected chi connectivity index (χ0v) is 14.6. The minimum atomic E-state index is -0.189. The number of carbonyl (C=O) groups is 1. The van der Waals surface area contributed by atoms with Crippen molar-refractivity contribution in [2.45, 2.75) is 18.9 Å². The summed E-state index contributed by atoms with van der Waals surface area (Å²) in [6.07, 6.45) is 3.92. The van der Waals surface area contributed by atoms with Gasteiger partial charge in [0.15, 0.2) is 0 Å². The molecule has 0 bridgehead atoms. The number of amides is 1. The van der Waals surface area contributed by atoms with Crippen LogP contribution >= 0.6 is 0 Å². The molecule has 1 aliphatic heterocycles. The van der Waals surface area contributed by atoms with Crippen LogP contribution < -0.4 is 15.0 Å². The van der Waals surface area contributed by atoms with Gasteiger partial charge in [0.05, 0.1) is 11.7 Å². The van der Waals surface area contributed by atoms with E-state index in [0.717, 1.165) is 31.0 Å². The summed E-state index contributed by atoms with van der Waals surface area (Å²) in [6.45, 7) is 1.39. The molecule has 0 aliphatic carbocycles. The van der Waals surface area contributed by atoms with Crippen LogP contribution in [0.3, 0.4) is 0 Å². The Kier molecular flexibility index (Phi) is 5.50. The first-order chi connectivity index (χ1) is 12.1. The number of ether oxygens (including phenoxy) is 2. The third-order valence-electron chi connectivity index (χ3n) is 4.04. The lowest BCUT2D eigenvalue weighted by Gasteiger charge is -2.12. The molecule has 25 heavy (non-hydrogen) atoms. The quantitative estimate of drug-likeness (QED) is 0.875. The molecule has 0 saturated carbocycles. The number of anilines is 2. The highest BCUT2D eigenvalue weighted by Gasteiger charge is 2.16. The zero-order chi connectivity index (χ0) is 17.6. The number of nitrogens with zero attached hydrogens (tertiary/aromatic N) is 2. The molecule has 1 amide bonds. The molecule has 1 aromatic carbocycles. The Bertz CT molecular complexity index is 693. The number of rotatable bonds is 6. The smallest absolute Gasteiger partial charge is 0.257 e. The summed E-state index contributed by atoms with van der Waals surface area (Å²) in [5.74, 6) is 1.39. The lowest BCUT2D eigenvalue weighted by Crippen LogP contribution is -2.16. The zero-order valence-electron chi connectivity index (χ0n) is 14.6. The van der Waals surface area contributed by atoms with Crippen molar-refractivity contribution >= 4 is 17.4 Å². The van der Waals surface area contributed by atoms with Gasteiger partial charge < -0.3 is 19.7 Å². The van der Waals surface area contributed by atoms with Crippen molar-refractivity contribution in [3.05, 3.63) is 48.2 Å². The van der Waals surface area contributed by atoms with Crippen molar-refractivity contribution in [2.75, 3.05) is 37.5 Å². The summed E-state index contributed by atoms with van der Waals surface area (Å²) >= 11 is 0. The lowest BCUT2D eigenvalue weighted by molar-refractivity contribution is 0.0679. The predicted octanol–water partition coefficient (Wildman–Crippen LogP) is 2.96. The van der Waals surface area contributed by atoms with Crippen LogP contribution in [0.15, 0.2) is 42.6 Å². The summed E-state index contributed by atoms with van der Waals surface area (Å²) in [4.78, 5) is 18.4. The molecule has 1 atom stereocenters. The van der Waals surface area contributed by atoms with Gasteiger partial charge >= 0.3 is 0 Å². The van der Waals surface area contributed by atoms with Crippen LogP contribution in [0.2, 0.25) is 0 Å². The highest BCUT2D eigenvalue weighted by atomic mass is 16.5. The largest absolute Gasteiger partial charge is 0.491 e. The van der Waals surface area contributed by atoms with E-state index in [1.54, 1.807) is 12.3 Å². The standard InChI is InChI=1S/C19H23N3O3/c1-22(2)18-10-5-14(12-20-18)19(23)21-15-6-8-16(9-7-15)25-13-17-4-3-11-24-17/h5-10,12,17H,3-4,11,13H2,1-2H3,(H,21,23). The highest BCUT2D eigenvalue weighted by molar-refractivity contribution is 6.04. The molecule has 6 heteroatoms. The molecule has 1 unspecified atom stereocenters. The van der Waals surface area contributed by atoms with Gasteiger partial charge in [-0.25, -0.2) is 4.98 Å². The van der Waals surface area contributed by atoms with Gasteiger partial charge in [-0.2, -0.15) is 0 Å². The Labute approximate surface area is 147 Å². The number of carbonyl (C=O) groups excluding carboxylic acids is 1. The Morgan fingerprint density at radius 1 is 1.28 bits per heavy atom. The van der Waals surface area contributed by atoms with E-state index in [1.165, 1.54) is 0 Å². The van der Waals surface area contributed by atoms with Gasteiger partial charge in [0.1, 0.15) is 18.2 Å². The maximum absolute atomic E-state index is 12.3. The van der Waals surface area contributed by atoms with Crippen LogP contribution in [-0.2, 0) is 4.74 Å². The fraction of sp³-hybridized carbons (Fsp3) is 0.368. The van der Waals surface area contributed by atoms with E-state index < -0.39 is 0 Å². The fourth-order valence-corrected chi connectivity index (χ4v) is 2.59. The number of hydrogen-bond acceptors (Lipinski definition) is 5. The van der Waals surface area contributed by atoms with Crippen molar-refractivity contribution in [2.24, 2.45) is 0 Å². The molecule has 1 N–H and O–H groups in total. The van der Waals surface area contributed by atoms with Crippen molar-refractivity contribution < 1.29 is 14.3 Å². The van der Waals surface area contributed by atoms with Crippen LogP contribution in [-0.4, -0.2) is 44.3 Å². The topological polar surface area (TPSA) is 63.7 Å². The van der Waals surface area contributed by atoms with Gasteiger partial charge in [-0.3, -0.25) is 4.79 Å². The van der Waals surface area contributed by atoms with Gasteiger partial charge in [0, 0.05) is 32.6 Å². The number of pyridine rings is 1. The van der Waals surface area contributed by atoms with Crippen LogP contribution in [0.1, 0.15) is 23.2 Å². The third-order valence-corrected chi connectivity index (χ3v) is 4.04. The molecule has 132 valence electrons. The molecule has 1 fully saturated rings. The number of benzene rings is 1. The lowest BCUT2D eigenvalue weighted by atomic mass is 10.2. The molecule has 1 saturated heterocycles. The monoisotopic (exact) mass is 341 g/mol. The van der Waals surface area contributed by atoms with Crippen molar-refractivity contribution in [1.82, 2.24) is 4.98 Å². The second kappa shape index (κ2) is 7.98. The van der Waals surface area contributed by atoms with Gasteiger partial charge in [-0.15, -0.1) is 0 Å². The first-order valence-corrected chi connectivity index (χ1v) is 8.41. The SMILES string of the molecule is CN(C)c1ccc(C(=O)Nc2ccc(OCC3CCCO3)cc2)cn1. The molecule has 2 heterocycles. The molecule has 6 nitrogen and oxygen atoms in total. The third kappa shape index (κ3) is 4.70. The summed E-state index contributed by atoms with van der Waals surface area (Å²) in [6, 6.07) is 10.9. The number of nitrogens with one attached hydrogen (secondary N) is 1. The average Bonchev–Trinajstić information content (AvgIpc) is 3.15. The second-order valence-corrected chi connectivity index (χ2v) is 6.22. The Morgan fingerprint density at radius 2 is 2.08 bits per heavy atom. The van der Waals surface area contributed by atoms with Crippen molar-refractivity contribution in [3.8, 4) is 5.75 Å². The van der Waals surface area contributed by atoms with E-state index in [4.69, 9.17) is 9.47 Å². The molecule has 1 aromatic heterocycles. The van der Waals surface area contributed by atoms with Crippen LogP contribution in [0, 0.1) is 0 Å². The van der Waals surface area contributed by atoms with E-state index in [2.05, 4.69) is 10.3 Å². The van der Waals surface area contributed by atoms with Gasteiger partial charge in [-0.05, 0) is 49.2 Å². The predicted molar refractivity (Wildman–Crippen MR) is 97.4 cm³/mol. The van der Waals surface area contributed by atoms with Crippen molar-refractivity contribution in [1.29, 1.82) is 0 Å². The fourth-order valence-electron chi connectivity index (χ4n) is 2.59. The second-order valence-electron chi connectivity index (χ2n) is 6.22. The molecular formula is C19H23N3O3. The van der Waals surface area contributed by atoms with Gasteiger partial charge in [0.25, 0.3) is 5.91 Å². The van der Waals surface area contributed by atoms with E-state index in [0.29, 0.717) is 17.9 Å². The Balaban J connectivity index is 1.54. The van der Waals surface area contributed by atoms with Crippen LogP contribution in [0.25, 0.3) is 0 Å². The molecule has 1 aliphatic rings. The average molecular weight is 341 g/mol. The maximum atomic E-state index is 12.3. The van der Waals surface area contributed by atoms with E-state index in [1.807, 2.05) is 49.3 Å². The number of hydrogen-bond donors (Lipinski definition) is 1. The van der Waals surface area contributed by atoms with E-state index >= 15 is 0 Å². The molecule has 3 rings (SSSR count). The summed E-state index contributed by atoms with van der Waals surface area (Å²) in [5, 5.41) is 2.86. The summed E-state index contributed by atoms with van der Waals surface area (Å²) in [5.41, 5.74) is 1.23. The van der Waals surface area contributed by atoms with Crippen LogP contribution in [0.4, 0.5) is 11.5 Å². The van der Waals surface area contributed by atoms with Crippen LogP contribution in [0.5, 0.6) is 5.75 Å². The van der Waals surface area contributed by atoms with Gasteiger partial charge in [0.2, 0.25) is 0 Å². The first-order valence-electron chi connectivity index (χ1n) is 8.41. The van der Waals surface area contributed by atoms with Crippen molar-refractivity contribution in [3.63, 3.8) is 0 Å². The highest BCUT2D eigenvalue weighted by Crippen LogP contribution is 2.19. The van der Waals surface area contributed by atoms with Gasteiger partial charge in [-0.1, -0.05) is 0 Å². The molecule has 0 radical (unpaired) electrons. The maximum Gasteiger partial charge on any atom is 0.257 e. The molecule has 2 aromatic rings. The number of aromatic nitrogens is 1. The Morgan fingerprint density at radius 3 is 2.68 bits per heavy atom. The minimum Gasteiger partial charge on any atom is -0.491 e. The minimum absolute atomic E-state index is 0.189. The first kappa shape index (κ1) is 17.2. The normalized spacial score (nSPS) is 16.5. The molecular weight excluding hydrogens is 318 g/mol.